The number of phosphoric acid groups is 1. The predicted octanol–water partition coefficient (Wildman–Crippen LogP) is 16.8. The first-order valence-electron chi connectivity index (χ1n) is 27.3. The quantitative estimate of drug-likeness (QED) is 0.0281. The lowest BCUT2D eigenvalue weighted by Crippen LogP contribution is -2.37. The van der Waals surface area contributed by atoms with Crippen molar-refractivity contribution in [3.63, 3.8) is 0 Å². The Kier molecular flexibility index (Phi) is 46.6. The standard InChI is InChI=1S/C53H108NO7P/c1-6-8-10-12-14-16-18-20-22-24-26-27-29-31-33-35-37-39-41-43-45-48-58-50-52(51-60-62(56,57)59-49-47-54(3,4)5)61-53(55)46-44-42-40-38-36-34-32-30-28-25-23-21-19-17-15-13-11-9-7-2/h52H,6-51H2,1-5H3/p+1. The van der Waals surface area contributed by atoms with Crippen LogP contribution >= 0.6 is 7.82 Å². The largest absolute Gasteiger partial charge is 0.472 e. The fourth-order valence-electron chi connectivity index (χ4n) is 8.20. The molecule has 2 atom stereocenters. The normalized spacial score (nSPS) is 13.5. The summed E-state index contributed by atoms with van der Waals surface area (Å²) in [5.74, 6) is -0.304. The molecule has 0 aromatic carbocycles. The Hall–Kier alpha value is -0.500. The van der Waals surface area contributed by atoms with E-state index in [1.54, 1.807) is 0 Å². The van der Waals surface area contributed by atoms with E-state index in [9.17, 15) is 14.3 Å². The zero-order chi connectivity index (χ0) is 45.5. The van der Waals surface area contributed by atoms with Crippen LogP contribution in [-0.4, -0.2) is 75.6 Å². The summed E-state index contributed by atoms with van der Waals surface area (Å²) in [4.78, 5) is 23.0. The minimum atomic E-state index is -4.27. The molecule has 372 valence electrons. The van der Waals surface area contributed by atoms with Gasteiger partial charge in [0, 0.05) is 13.0 Å². The second-order valence-corrected chi connectivity index (χ2v) is 21.4. The zero-order valence-corrected chi connectivity index (χ0v) is 43.3. The lowest BCUT2D eigenvalue weighted by Gasteiger charge is -2.24. The molecule has 0 fully saturated rings. The lowest BCUT2D eigenvalue weighted by atomic mass is 10.0. The molecule has 0 amide bonds. The number of unbranched alkanes of at least 4 members (excludes halogenated alkanes) is 38. The van der Waals surface area contributed by atoms with Gasteiger partial charge in [0.2, 0.25) is 0 Å². The van der Waals surface area contributed by atoms with Crippen molar-refractivity contribution >= 4 is 13.8 Å². The van der Waals surface area contributed by atoms with Crippen molar-refractivity contribution in [1.29, 1.82) is 0 Å². The van der Waals surface area contributed by atoms with Gasteiger partial charge < -0.3 is 18.9 Å². The predicted molar refractivity (Wildman–Crippen MR) is 266 cm³/mol. The number of ether oxygens (including phenoxy) is 2. The molecule has 0 rings (SSSR count). The zero-order valence-electron chi connectivity index (χ0n) is 42.4. The van der Waals surface area contributed by atoms with Crippen LogP contribution in [0.3, 0.4) is 0 Å². The molecule has 0 spiro atoms. The smallest absolute Gasteiger partial charge is 0.457 e. The summed E-state index contributed by atoms with van der Waals surface area (Å²) in [6, 6.07) is 0. The highest BCUT2D eigenvalue weighted by atomic mass is 31.2. The van der Waals surface area contributed by atoms with Gasteiger partial charge in [-0.25, -0.2) is 4.57 Å². The summed E-state index contributed by atoms with van der Waals surface area (Å²) in [6.07, 6.45) is 52.9. The highest BCUT2D eigenvalue weighted by molar-refractivity contribution is 7.47. The van der Waals surface area contributed by atoms with E-state index in [1.807, 2.05) is 21.1 Å². The topological polar surface area (TPSA) is 91.3 Å². The van der Waals surface area contributed by atoms with Crippen molar-refractivity contribution in [2.24, 2.45) is 0 Å². The third-order valence-corrected chi connectivity index (χ3v) is 13.4. The summed E-state index contributed by atoms with van der Waals surface area (Å²) in [6.45, 7) is 5.71. The fourth-order valence-corrected chi connectivity index (χ4v) is 8.95. The Labute approximate surface area is 387 Å². The maximum absolute atomic E-state index is 12.8. The molecule has 0 radical (unpaired) electrons. The lowest BCUT2D eigenvalue weighted by molar-refractivity contribution is -0.870. The van der Waals surface area contributed by atoms with Crippen molar-refractivity contribution in [2.75, 3.05) is 54.1 Å². The molecular formula is C53H109NO7P+. The third kappa shape index (κ3) is 50.5. The van der Waals surface area contributed by atoms with E-state index in [0.29, 0.717) is 24.1 Å². The molecule has 0 aliphatic carbocycles. The van der Waals surface area contributed by atoms with E-state index in [1.165, 1.54) is 225 Å². The molecule has 0 saturated heterocycles. The average molecular weight is 903 g/mol. The van der Waals surface area contributed by atoms with Crippen LogP contribution in [0.15, 0.2) is 0 Å². The Morgan fingerprint density at radius 2 is 0.742 bits per heavy atom. The number of quaternary nitrogens is 1. The van der Waals surface area contributed by atoms with Gasteiger partial charge in [-0.1, -0.05) is 258 Å². The van der Waals surface area contributed by atoms with Crippen LogP contribution < -0.4 is 0 Å². The third-order valence-electron chi connectivity index (χ3n) is 12.4. The average Bonchev–Trinajstić information content (AvgIpc) is 3.23. The van der Waals surface area contributed by atoms with Crippen LogP contribution in [0.25, 0.3) is 0 Å². The molecule has 0 aromatic heterocycles. The molecule has 62 heavy (non-hydrogen) atoms. The monoisotopic (exact) mass is 903 g/mol. The van der Waals surface area contributed by atoms with Crippen molar-refractivity contribution in [1.82, 2.24) is 0 Å². The molecular weight excluding hydrogens is 794 g/mol. The number of nitrogens with zero attached hydrogens (tertiary/aromatic N) is 1. The number of phosphoric ester groups is 1. The number of rotatable bonds is 52. The maximum atomic E-state index is 12.8. The molecule has 8 nitrogen and oxygen atoms in total. The van der Waals surface area contributed by atoms with E-state index in [0.717, 1.165) is 32.1 Å². The van der Waals surface area contributed by atoms with E-state index < -0.39 is 13.9 Å². The molecule has 0 bridgehead atoms. The Morgan fingerprint density at radius 3 is 1.06 bits per heavy atom. The van der Waals surface area contributed by atoms with Crippen molar-refractivity contribution in [3.05, 3.63) is 0 Å². The van der Waals surface area contributed by atoms with E-state index in [4.69, 9.17) is 18.5 Å². The molecule has 0 aliphatic heterocycles. The van der Waals surface area contributed by atoms with Crippen LogP contribution in [-0.2, 0) is 27.9 Å². The molecule has 0 heterocycles. The van der Waals surface area contributed by atoms with Crippen LogP contribution in [0.4, 0.5) is 0 Å². The number of hydrogen-bond donors (Lipinski definition) is 1. The number of esters is 1. The summed E-state index contributed by atoms with van der Waals surface area (Å²) in [7, 11) is 1.69. The Balaban J connectivity index is 4.05. The minimum absolute atomic E-state index is 0.0944. The van der Waals surface area contributed by atoms with Gasteiger partial charge in [-0.15, -0.1) is 0 Å². The Morgan fingerprint density at radius 1 is 0.435 bits per heavy atom. The van der Waals surface area contributed by atoms with Gasteiger partial charge >= 0.3 is 13.8 Å². The summed E-state index contributed by atoms with van der Waals surface area (Å²) < 4.78 is 35.2. The molecule has 0 aliphatic rings. The SMILES string of the molecule is CCCCCCCCCCCCCCCCCCCCCCCOCC(COP(=O)(O)OCC[N+](C)(C)C)OC(=O)CCCCCCCCCCCCCCCCCCCCC. The molecule has 2 unspecified atom stereocenters. The molecule has 9 heteroatoms. The van der Waals surface area contributed by atoms with Gasteiger partial charge in [-0.3, -0.25) is 13.8 Å². The maximum Gasteiger partial charge on any atom is 0.472 e. The van der Waals surface area contributed by atoms with Gasteiger partial charge in [0.25, 0.3) is 0 Å². The highest BCUT2D eigenvalue weighted by Gasteiger charge is 2.26. The first-order chi connectivity index (χ1) is 30.1. The van der Waals surface area contributed by atoms with Gasteiger partial charge in [-0.2, -0.15) is 0 Å². The number of carbonyl (C=O) groups excluding carboxylic acids is 1. The van der Waals surface area contributed by atoms with Crippen LogP contribution in [0.1, 0.15) is 277 Å². The van der Waals surface area contributed by atoms with Gasteiger partial charge in [0.05, 0.1) is 34.4 Å². The first kappa shape index (κ1) is 61.5. The van der Waals surface area contributed by atoms with Gasteiger partial charge in [0.15, 0.2) is 0 Å². The summed E-state index contributed by atoms with van der Waals surface area (Å²) in [5, 5.41) is 0. The van der Waals surface area contributed by atoms with Crippen molar-refractivity contribution in [3.8, 4) is 0 Å². The number of hydrogen-bond acceptors (Lipinski definition) is 6. The molecule has 0 aromatic rings. The van der Waals surface area contributed by atoms with Crippen LogP contribution in [0.5, 0.6) is 0 Å². The highest BCUT2D eigenvalue weighted by Crippen LogP contribution is 2.43. The summed E-state index contributed by atoms with van der Waals surface area (Å²) >= 11 is 0. The Bertz CT molecular complexity index is 961. The van der Waals surface area contributed by atoms with Crippen LogP contribution in [0, 0.1) is 0 Å². The van der Waals surface area contributed by atoms with Gasteiger partial charge in [-0.05, 0) is 12.8 Å². The number of likely N-dealkylation sites (N-methyl/N-ethyl adjacent to an activating group) is 1. The fraction of sp³-hybridized carbons (Fsp3) is 0.981. The first-order valence-corrected chi connectivity index (χ1v) is 28.8. The van der Waals surface area contributed by atoms with Crippen molar-refractivity contribution in [2.45, 2.75) is 283 Å². The second kappa shape index (κ2) is 47.0. The summed E-state index contributed by atoms with van der Waals surface area (Å²) in [5.41, 5.74) is 0. The van der Waals surface area contributed by atoms with E-state index in [2.05, 4.69) is 13.8 Å². The second-order valence-electron chi connectivity index (χ2n) is 20.0. The molecule has 0 saturated carbocycles. The van der Waals surface area contributed by atoms with E-state index >= 15 is 0 Å². The van der Waals surface area contributed by atoms with Crippen molar-refractivity contribution < 1.29 is 37.3 Å². The minimum Gasteiger partial charge on any atom is -0.457 e. The van der Waals surface area contributed by atoms with Crippen LogP contribution in [0.2, 0.25) is 0 Å². The molecule has 1 N–H and O–H groups in total. The van der Waals surface area contributed by atoms with Gasteiger partial charge in [0.1, 0.15) is 19.3 Å². The van der Waals surface area contributed by atoms with E-state index in [-0.39, 0.29) is 25.8 Å². The number of carbonyl (C=O) groups is 1.